The Morgan fingerprint density at radius 1 is 1.15 bits per heavy atom. The van der Waals surface area contributed by atoms with E-state index in [4.69, 9.17) is 5.84 Å². The maximum atomic E-state index is 12.8. The van der Waals surface area contributed by atoms with Gasteiger partial charge in [-0.2, -0.15) is 0 Å². The first kappa shape index (κ1) is 13.8. The zero-order chi connectivity index (χ0) is 14.5. The van der Waals surface area contributed by atoms with Gasteiger partial charge < -0.3 is 10.7 Å². The smallest absolute Gasteiger partial charge is 0.273 e. The van der Waals surface area contributed by atoms with Crippen LogP contribution in [-0.2, 0) is 6.54 Å². The lowest BCUT2D eigenvalue weighted by Crippen LogP contribution is -2.08. The topological polar surface area (TPSA) is 93.2 Å². The number of hydrazine groups is 1. The van der Waals surface area contributed by atoms with Crippen molar-refractivity contribution in [2.45, 2.75) is 6.54 Å². The molecule has 2 aromatic rings. The van der Waals surface area contributed by atoms with Gasteiger partial charge in [0.05, 0.1) is 10.6 Å². The maximum absolute atomic E-state index is 12.8. The van der Waals surface area contributed by atoms with E-state index < -0.39 is 4.92 Å². The Hall–Kier alpha value is -2.67. The van der Waals surface area contributed by atoms with Crippen molar-refractivity contribution in [2.75, 3.05) is 10.7 Å². The summed E-state index contributed by atoms with van der Waals surface area (Å²) in [5.74, 6) is 4.96. The molecule has 0 radical (unpaired) electrons. The number of hydrogen-bond acceptors (Lipinski definition) is 5. The van der Waals surface area contributed by atoms with E-state index in [0.29, 0.717) is 17.9 Å². The average molecular weight is 276 g/mol. The first-order chi connectivity index (χ1) is 9.58. The van der Waals surface area contributed by atoms with Crippen LogP contribution in [0.1, 0.15) is 5.56 Å². The van der Waals surface area contributed by atoms with Crippen LogP contribution < -0.4 is 16.6 Å². The molecule has 2 aromatic carbocycles. The Kier molecular flexibility index (Phi) is 4.11. The number of nitrogen functional groups attached to an aromatic ring is 1. The second-order valence-corrected chi connectivity index (χ2v) is 4.15. The molecule has 7 heteroatoms. The zero-order valence-electron chi connectivity index (χ0n) is 10.5. The molecule has 0 aliphatic heterocycles. The lowest BCUT2D eigenvalue weighted by molar-refractivity contribution is -0.384. The summed E-state index contributed by atoms with van der Waals surface area (Å²) in [5, 5.41) is 13.8. The highest BCUT2D eigenvalue weighted by atomic mass is 19.1. The minimum Gasteiger partial charge on any atom is -0.381 e. The predicted molar refractivity (Wildman–Crippen MR) is 74.6 cm³/mol. The first-order valence-electron chi connectivity index (χ1n) is 5.83. The number of nitro benzene ring substituents is 1. The van der Waals surface area contributed by atoms with Gasteiger partial charge in [-0.05, 0) is 23.8 Å². The Labute approximate surface area is 114 Å². The van der Waals surface area contributed by atoms with Crippen LogP contribution in [0.15, 0.2) is 42.5 Å². The van der Waals surface area contributed by atoms with Crippen molar-refractivity contribution in [2.24, 2.45) is 5.84 Å². The first-order valence-corrected chi connectivity index (χ1v) is 5.83. The molecule has 0 aromatic heterocycles. The van der Waals surface area contributed by atoms with Crippen molar-refractivity contribution < 1.29 is 9.31 Å². The van der Waals surface area contributed by atoms with E-state index in [-0.39, 0.29) is 11.5 Å². The van der Waals surface area contributed by atoms with Gasteiger partial charge >= 0.3 is 0 Å². The molecule has 104 valence electrons. The fourth-order valence-electron chi connectivity index (χ4n) is 1.71. The molecular weight excluding hydrogens is 263 g/mol. The van der Waals surface area contributed by atoms with Crippen molar-refractivity contribution >= 4 is 17.1 Å². The highest BCUT2D eigenvalue weighted by molar-refractivity contribution is 5.63. The fraction of sp³-hybridized carbons (Fsp3) is 0.0769. The van der Waals surface area contributed by atoms with Gasteiger partial charge in [0, 0.05) is 24.4 Å². The summed E-state index contributed by atoms with van der Waals surface area (Å²) in [6.45, 7) is 0.422. The summed E-state index contributed by atoms with van der Waals surface area (Å²) in [6.07, 6.45) is 0. The molecule has 0 spiro atoms. The van der Waals surface area contributed by atoms with Gasteiger partial charge in [-0.1, -0.05) is 12.1 Å². The molecule has 6 nitrogen and oxygen atoms in total. The average Bonchev–Trinajstić information content (AvgIpc) is 2.46. The molecule has 0 fully saturated rings. The Morgan fingerprint density at radius 2 is 1.80 bits per heavy atom. The molecule has 0 atom stereocenters. The molecule has 2 rings (SSSR count). The largest absolute Gasteiger partial charge is 0.381 e. The van der Waals surface area contributed by atoms with E-state index in [9.17, 15) is 14.5 Å². The van der Waals surface area contributed by atoms with Crippen molar-refractivity contribution in [3.05, 3.63) is 64.0 Å². The molecule has 4 N–H and O–H groups in total. The Balaban J connectivity index is 2.14. The van der Waals surface area contributed by atoms with Crippen molar-refractivity contribution in [1.29, 1.82) is 0 Å². The normalized spacial score (nSPS) is 10.1. The van der Waals surface area contributed by atoms with E-state index in [1.165, 1.54) is 24.3 Å². The van der Waals surface area contributed by atoms with Crippen LogP contribution in [0.25, 0.3) is 0 Å². The summed E-state index contributed by atoms with van der Waals surface area (Å²) >= 11 is 0. The SMILES string of the molecule is NNc1cc(NCc2ccc(F)cc2)cc([N+](=O)[O-])c1. The van der Waals surface area contributed by atoms with E-state index in [1.54, 1.807) is 18.2 Å². The minimum absolute atomic E-state index is 0.0675. The standard InChI is InChI=1S/C13H13FN4O2/c14-10-3-1-9(2-4-10)8-16-11-5-12(17-15)7-13(6-11)18(19)20/h1-7,16-17H,8,15H2. The number of nitrogens with two attached hydrogens (primary N) is 1. The number of nitro groups is 1. The van der Waals surface area contributed by atoms with Crippen molar-refractivity contribution in [1.82, 2.24) is 0 Å². The molecule has 0 saturated heterocycles. The number of halogens is 1. The molecule has 20 heavy (non-hydrogen) atoms. The summed E-state index contributed by atoms with van der Waals surface area (Å²) in [4.78, 5) is 10.3. The number of non-ortho nitro benzene ring substituents is 1. The number of hydrogen-bond donors (Lipinski definition) is 3. The van der Waals surface area contributed by atoms with Gasteiger partial charge in [0.25, 0.3) is 5.69 Å². The molecule has 0 aliphatic rings. The molecule has 0 heterocycles. The quantitative estimate of drug-likeness (QED) is 0.443. The number of benzene rings is 2. The molecular formula is C13H13FN4O2. The summed E-state index contributed by atoms with van der Waals surface area (Å²) < 4.78 is 12.8. The summed E-state index contributed by atoms with van der Waals surface area (Å²) in [5.41, 5.74) is 4.15. The summed E-state index contributed by atoms with van der Waals surface area (Å²) in [7, 11) is 0. The van der Waals surface area contributed by atoms with Gasteiger partial charge in [0.2, 0.25) is 0 Å². The second kappa shape index (κ2) is 5.98. The second-order valence-electron chi connectivity index (χ2n) is 4.15. The highest BCUT2D eigenvalue weighted by Gasteiger charge is 2.09. The molecule has 0 amide bonds. The fourth-order valence-corrected chi connectivity index (χ4v) is 1.71. The molecule has 0 unspecified atom stereocenters. The van der Waals surface area contributed by atoms with Gasteiger partial charge in [0.15, 0.2) is 0 Å². The molecule has 0 bridgehead atoms. The number of rotatable bonds is 5. The lowest BCUT2D eigenvalue weighted by atomic mass is 10.2. The van der Waals surface area contributed by atoms with E-state index in [1.807, 2.05) is 0 Å². The van der Waals surface area contributed by atoms with Crippen LogP contribution in [0.2, 0.25) is 0 Å². The van der Waals surface area contributed by atoms with E-state index in [0.717, 1.165) is 5.56 Å². The lowest BCUT2D eigenvalue weighted by Gasteiger charge is -2.08. The van der Waals surface area contributed by atoms with Crippen LogP contribution in [0.4, 0.5) is 21.5 Å². The number of nitrogens with zero attached hydrogens (tertiary/aromatic N) is 1. The Bertz CT molecular complexity index is 616. The van der Waals surface area contributed by atoms with Crippen LogP contribution in [0, 0.1) is 15.9 Å². The maximum Gasteiger partial charge on any atom is 0.273 e. The third kappa shape index (κ3) is 3.42. The third-order valence-corrected chi connectivity index (χ3v) is 2.71. The molecule has 0 aliphatic carbocycles. The van der Waals surface area contributed by atoms with Gasteiger partial charge in [-0.15, -0.1) is 0 Å². The number of nitrogens with one attached hydrogen (secondary N) is 2. The monoisotopic (exact) mass is 276 g/mol. The number of anilines is 2. The van der Waals surface area contributed by atoms with Crippen LogP contribution in [-0.4, -0.2) is 4.92 Å². The van der Waals surface area contributed by atoms with Crippen molar-refractivity contribution in [3.8, 4) is 0 Å². The Morgan fingerprint density at radius 3 is 2.40 bits per heavy atom. The van der Waals surface area contributed by atoms with Crippen LogP contribution in [0.3, 0.4) is 0 Å². The van der Waals surface area contributed by atoms with Crippen LogP contribution in [0.5, 0.6) is 0 Å². The van der Waals surface area contributed by atoms with Gasteiger partial charge in [0.1, 0.15) is 5.82 Å². The van der Waals surface area contributed by atoms with Gasteiger partial charge in [-0.3, -0.25) is 16.0 Å². The van der Waals surface area contributed by atoms with Crippen molar-refractivity contribution in [3.63, 3.8) is 0 Å². The molecule has 0 saturated carbocycles. The minimum atomic E-state index is -0.496. The third-order valence-electron chi connectivity index (χ3n) is 2.71. The van der Waals surface area contributed by atoms with Gasteiger partial charge in [-0.25, -0.2) is 4.39 Å². The van der Waals surface area contributed by atoms with E-state index >= 15 is 0 Å². The van der Waals surface area contributed by atoms with Crippen LogP contribution >= 0.6 is 0 Å². The zero-order valence-corrected chi connectivity index (χ0v) is 10.5. The summed E-state index contributed by atoms with van der Waals surface area (Å²) in [6, 6.07) is 10.4. The highest BCUT2D eigenvalue weighted by Crippen LogP contribution is 2.24. The predicted octanol–water partition coefficient (Wildman–Crippen LogP) is 2.63. The van der Waals surface area contributed by atoms with E-state index in [2.05, 4.69) is 10.7 Å².